The maximum Gasteiger partial charge on any atom is 0.411 e. The van der Waals surface area contributed by atoms with E-state index in [1.165, 1.54) is 6.20 Å². The number of ketones is 2. The average molecular weight is 295 g/mol. The van der Waals surface area contributed by atoms with E-state index in [1.807, 2.05) is 0 Å². The van der Waals surface area contributed by atoms with Gasteiger partial charge in [0.2, 0.25) is 0 Å². The molecule has 0 aromatic heterocycles. The third-order valence-electron chi connectivity index (χ3n) is 2.49. The van der Waals surface area contributed by atoms with Crippen LogP contribution in [-0.2, 0) is 14.3 Å². The first-order valence-electron chi connectivity index (χ1n) is 6.58. The number of carbonyl (C=O) groups is 3. The van der Waals surface area contributed by atoms with E-state index < -0.39 is 23.3 Å². The van der Waals surface area contributed by atoms with Gasteiger partial charge in [0.05, 0.1) is 18.7 Å². The molecule has 0 bridgehead atoms. The molecule has 116 valence electrons. The highest BCUT2D eigenvalue weighted by atomic mass is 16.6. The zero-order chi connectivity index (χ0) is 16.0. The first kappa shape index (κ1) is 16.9. The highest BCUT2D eigenvalue weighted by molar-refractivity contribution is 6.23. The molecule has 1 heterocycles. The fourth-order valence-electron chi connectivity index (χ4n) is 1.60. The lowest BCUT2D eigenvalue weighted by Gasteiger charge is -2.29. The second-order valence-corrected chi connectivity index (χ2v) is 5.55. The fraction of sp³-hybridized carbons (Fsp3) is 0.500. The van der Waals surface area contributed by atoms with E-state index in [4.69, 9.17) is 4.74 Å². The van der Waals surface area contributed by atoms with Crippen LogP contribution in [-0.4, -0.2) is 47.8 Å². The van der Waals surface area contributed by atoms with Crippen LogP contribution < -0.4 is 10.9 Å². The molecule has 0 aromatic rings. The summed E-state index contributed by atoms with van der Waals surface area (Å²) in [6.45, 7) is 8.82. The van der Waals surface area contributed by atoms with Crippen molar-refractivity contribution in [3.8, 4) is 0 Å². The molecule has 0 spiro atoms. The number of likely N-dealkylation sites (tertiary alicyclic amines) is 1. The average Bonchev–Trinajstić information content (AvgIpc) is 2.34. The van der Waals surface area contributed by atoms with E-state index in [9.17, 15) is 14.4 Å². The Kier molecular flexibility index (Phi) is 5.66. The number of hydrogen-bond acceptors (Lipinski definition) is 6. The maximum absolute atomic E-state index is 11.9. The van der Waals surface area contributed by atoms with Crippen molar-refractivity contribution in [1.82, 2.24) is 15.8 Å². The first-order valence-corrected chi connectivity index (χ1v) is 6.58. The van der Waals surface area contributed by atoms with Crippen molar-refractivity contribution in [2.24, 2.45) is 0 Å². The molecule has 0 aliphatic carbocycles. The molecule has 1 fully saturated rings. The van der Waals surface area contributed by atoms with Gasteiger partial charge in [-0.15, -0.1) is 6.58 Å². The number of carbonyl (C=O) groups excluding carboxylic acids is 3. The summed E-state index contributed by atoms with van der Waals surface area (Å²) in [6.07, 6.45) is 2.27. The Balaban J connectivity index is 2.65. The summed E-state index contributed by atoms with van der Waals surface area (Å²) in [4.78, 5) is 36.8. The van der Waals surface area contributed by atoms with Gasteiger partial charge in [-0.05, 0) is 20.8 Å². The van der Waals surface area contributed by atoms with Crippen molar-refractivity contribution in [3.63, 3.8) is 0 Å². The molecule has 1 saturated heterocycles. The van der Waals surface area contributed by atoms with Gasteiger partial charge in [0.1, 0.15) is 5.60 Å². The number of piperidine rings is 1. The molecule has 0 unspecified atom stereocenters. The normalized spacial score (nSPS) is 15.8. The second kappa shape index (κ2) is 7.03. The Morgan fingerprint density at radius 2 is 1.90 bits per heavy atom. The Bertz CT molecular complexity index is 457. The monoisotopic (exact) mass is 295 g/mol. The van der Waals surface area contributed by atoms with Crippen LogP contribution in [0, 0.1) is 0 Å². The Morgan fingerprint density at radius 3 is 2.38 bits per heavy atom. The summed E-state index contributed by atoms with van der Waals surface area (Å²) in [6, 6.07) is 0. The predicted octanol–water partition coefficient (Wildman–Crippen LogP) is 0.539. The molecular formula is C14H21N3O4. The summed E-state index contributed by atoms with van der Waals surface area (Å²) in [5, 5.41) is 0. The van der Waals surface area contributed by atoms with Gasteiger partial charge in [-0.25, -0.2) is 10.2 Å². The van der Waals surface area contributed by atoms with Crippen LogP contribution in [0.25, 0.3) is 0 Å². The topological polar surface area (TPSA) is 87.7 Å². The number of ether oxygens (including phenoxy) is 1. The molecule has 2 N–H and O–H groups in total. The van der Waals surface area contributed by atoms with Gasteiger partial charge in [-0.1, -0.05) is 6.08 Å². The molecule has 7 nitrogen and oxygen atoms in total. The number of hydrogen-bond donors (Lipinski definition) is 2. The Labute approximate surface area is 124 Å². The zero-order valence-corrected chi connectivity index (χ0v) is 12.6. The van der Waals surface area contributed by atoms with Crippen LogP contribution in [0.4, 0.5) is 4.79 Å². The smallest absolute Gasteiger partial charge is 0.411 e. The molecule has 0 saturated carbocycles. The van der Waals surface area contributed by atoms with E-state index in [2.05, 4.69) is 17.4 Å². The molecule has 0 atom stereocenters. The van der Waals surface area contributed by atoms with E-state index in [-0.39, 0.29) is 18.7 Å². The minimum absolute atomic E-state index is 0.0337. The van der Waals surface area contributed by atoms with Crippen molar-refractivity contribution in [2.75, 3.05) is 19.6 Å². The lowest BCUT2D eigenvalue weighted by molar-refractivity contribution is -0.126. The minimum Gasteiger partial charge on any atom is -0.444 e. The van der Waals surface area contributed by atoms with Crippen LogP contribution in [0.2, 0.25) is 0 Å². The molecule has 1 aliphatic heterocycles. The summed E-state index contributed by atoms with van der Waals surface area (Å²) in [7, 11) is 0. The SMILES string of the molecule is C=CCNNC=C1C(=O)CN(C(=O)OC(C)(C)C)CC1=O. The highest BCUT2D eigenvalue weighted by Gasteiger charge is 2.33. The summed E-state index contributed by atoms with van der Waals surface area (Å²) < 4.78 is 5.15. The molecule has 0 aromatic carbocycles. The molecule has 1 aliphatic rings. The zero-order valence-electron chi connectivity index (χ0n) is 12.6. The lowest BCUT2D eigenvalue weighted by atomic mass is 10.0. The number of nitrogens with zero attached hydrogens (tertiary/aromatic N) is 1. The van der Waals surface area contributed by atoms with Crippen LogP contribution in [0.5, 0.6) is 0 Å². The van der Waals surface area contributed by atoms with E-state index in [0.29, 0.717) is 6.54 Å². The van der Waals surface area contributed by atoms with Crippen molar-refractivity contribution in [2.45, 2.75) is 26.4 Å². The van der Waals surface area contributed by atoms with Gasteiger partial charge >= 0.3 is 6.09 Å². The quantitative estimate of drug-likeness (QED) is 0.259. The van der Waals surface area contributed by atoms with Gasteiger partial charge in [-0.3, -0.25) is 14.5 Å². The number of rotatable bonds is 4. The fourth-order valence-corrected chi connectivity index (χ4v) is 1.60. The van der Waals surface area contributed by atoms with E-state index in [1.54, 1.807) is 26.8 Å². The number of hydrazine groups is 1. The summed E-state index contributed by atoms with van der Waals surface area (Å²) >= 11 is 0. The summed E-state index contributed by atoms with van der Waals surface area (Å²) in [5.74, 6) is -0.852. The van der Waals surface area contributed by atoms with E-state index in [0.717, 1.165) is 4.90 Å². The predicted molar refractivity (Wildman–Crippen MR) is 77.2 cm³/mol. The molecule has 1 amide bonds. The van der Waals surface area contributed by atoms with Crippen molar-refractivity contribution < 1.29 is 19.1 Å². The Hall–Kier alpha value is -2.15. The van der Waals surface area contributed by atoms with Gasteiger partial charge in [0, 0.05) is 12.7 Å². The van der Waals surface area contributed by atoms with Crippen LogP contribution in [0.15, 0.2) is 24.4 Å². The molecule has 1 rings (SSSR count). The van der Waals surface area contributed by atoms with E-state index >= 15 is 0 Å². The highest BCUT2D eigenvalue weighted by Crippen LogP contribution is 2.14. The minimum atomic E-state index is -0.671. The van der Waals surface area contributed by atoms with Crippen molar-refractivity contribution in [3.05, 3.63) is 24.4 Å². The number of amides is 1. The lowest BCUT2D eigenvalue weighted by Crippen LogP contribution is -2.48. The third kappa shape index (κ3) is 5.39. The number of nitrogens with one attached hydrogen (secondary N) is 2. The number of Topliss-reactive ketones (excluding diaryl/α,β-unsaturated/α-hetero) is 2. The molecule has 7 heteroatoms. The second-order valence-electron chi connectivity index (χ2n) is 5.55. The molecule has 0 radical (unpaired) electrons. The van der Waals surface area contributed by atoms with Gasteiger partial charge in [-0.2, -0.15) is 0 Å². The first-order chi connectivity index (χ1) is 9.74. The van der Waals surface area contributed by atoms with Crippen molar-refractivity contribution >= 4 is 17.7 Å². The molecule has 21 heavy (non-hydrogen) atoms. The maximum atomic E-state index is 11.9. The van der Waals surface area contributed by atoms with Crippen LogP contribution in [0.1, 0.15) is 20.8 Å². The molecular weight excluding hydrogens is 274 g/mol. The Morgan fingerprint density at radius 1 is 1.33 bits per heavy atom. The summed E-state index contributed by atoms with van der Waals surface area (Å²) in [5.41, 5.74) is 4.74. The van der Waals surface area contributed by atoms with Crippen molar-refractivity contribution in [1.29, 1.82) is 0 Å². The van der Waals surface area contributed by atoms with Crippen LogP contribution in [0.3, 0.4) is 0 Å². The van der Waals surface area contributed by atoms with Gasteiger partial charge in [0.25, 0.3) is 0 Å². The van der Waals surface area contributed by atoms with Crippen LogP contribution >= 0.6 is 0 Å². The van der Waals surface area contributed by atoms with Gasteiger partial charge < -0.3 is 10.2 Å². The van der Waals surface area contributed by atoms with Gasteiger partial charge in [0.15, 0.2) is 11.6 Å². The standard InChI is InChI=1S/C14H21N3O4/c1-5-6-15-16-7-10-11(18)8-17(9-12(10)19)13(20)21-14(2,3)4/h5,7,15-16H,1,6,8-9H2,2-4H3. The third-order valence-corrected chi connectivity index (χ3v) is 2.49. The largest absolute Gasteiger partial charge is 0.444 e.